The molecule has 0 saturated carbocycles. The molecule has 2 atom stereocenters. The SMILES string of the molecule is CCOc1ccc([C@@H]2C(C(=O)OC)=CN=c3s/c(=C\[C@@H]4C(=O)NC(=S)N(c5ccc(Cl)cc5)C4=O)c(=O)n32)cc1OCC. The fraction of sp³-hybridized carbons (Fsp3) is 0.241. The number of ether oxygens (including phenoxy) is 3. The monoisotopic (exact) mass is 640 g/mol. The summed E-state index contributed by atoms with van der Waals surface area (Å²) in [5, 5.41) is 2.90. The third kappa shape index (κ3) is 5.70. The molecule has 43 heavy (non-hydrogen) atoms. The van der Waals surface area contributed by atoms with Gasteiger partial charge in [-0.2, -0.15) is 0 Å². The first-order valence-electron chi connectivity index (χ1n) is 13.1. The standard InChI is InChI=1S/C29H25ClN4O7S2/c1-4-40-20-11-6-15(12-21(20)41-5-2)23-19(27(38)39-3)14-31-29-34(23)26(37)22(43-29)13-18-24(35)32-28(42)33(25(18)36)17-9-7-16(30)8-10-17/h6-14,18,23H,4-5H2,1-3H3,(H,32,35,42)/b22-13-/t18-,23-/m1/s1. The number of nitrogens with zero attached hydrogens (tertiary/aromatic N) is 3. The molecule has 0 aliphatic carbocycles. The zero-order chi connectivity index (χ0) is 30.8. The number of hydrogen-bond acceptors (Lipinski definition) is 10. The third-order valence-corrected chi connectivity index (χ3v) is 8.16. The Kier molecular flexibility index (Phi) is 8.76. The molecule has 1 saturated heterocycles. The average Bonchev–Trinajstić information content (AvgIpc) is 3.31. The zero-order valence-electron chi connectivity index (χ0n) is 23.2. The van der Waals surface area contributed by atoms with Crippen molar-refractivity contribution in [1.29, 1.82) is 0 Å². The van der Waals surface area contributed by atoms with E-state index in [2.05, 4.69) is 10.3 Å². The van der Waals surface area contributed by atoms with Gasteiger partial charge < -0.3 is 19.5 Å². The summed E-state index contributed by atoms with van der Waals surface area (Å²) in [6.45, 7) is 4.45. The molecule has 5 rings (SSSR count). The van der Waals surface area contributed by atoms with E-state index in [1.165, 1.54) is 28.9 Å². The smallest absolute Gasteiger partial charge is 0.337 e. The minimum Gasteiger partial charge on any atom is -0.490 e. The first kappa shape index (κ1) is 30.1. The predicted octanol–water partition coefficient (Wildman–Crippen LogP) is 2.48. The largest absolute Gasteiger partial charge is 0.490 e. The maximum atomic E-state index is 13.9. The summed E-state index contributed by atoms with van der Waals surface area (Å²) in [6, 6.07) is 10.6. The highest BCUT2D eigenvalue weighted by molar-refractivity contribution is 7.80. The summed E-state index contributed by atoms with van der Waals surface area (Å²) in [7, 11) is 1.24. The molecule has 1 fully saturated rings. The quantitative estimate of drug-likeness (QED) is 0.226. The molecule has 0 radical (unpaired) electrons. The highest BCUT2D eigenvalue weighted by Crippen LogP contribution is 2.35. The number of carbonyl (C=O) groups is 3. The van der Waals surface area contributed by atoms with Gasteiger partial charge in [0.2, 0.25) is 11.8 Å². The molecular weight excluding hydrogens is 616 g/mol. The van der Waals surface area contributed by atoms with Gasteiger partial charge in [-0.15, -0.1) is 0 Å². The lowest BCUT2D eigenvalue weighted by atomic mass is 9.97. The number of hydrogen-bond donors (Lipinski definition) is 1. The summed E-state index contributed by atoms with van der Waals surface area (Å²) < 4.78 is 17.9. The van der Waals surface area contributed by atoms with Crippen molar-refractivity contribution in [3.05, 3.63) is 84.5 Å². The summed E-state index contributed by atoms with van der Waals surface area (Å²) in [5.74, 6) is -2.41. The van der Waals surface area contributed by atoms with Gasteiger partial charge >= 0.3 is 5.97 Å². The zero-order valence-corrected chi connectivity index (χ0v) is 25.5. The van der Waals surface area contributed by atoms with Gasteiger partial charge in [0.15, 0.2) is 21.4 Å². The van der Waals surface area contributed by atoms with Crippen molar-refractivity contribution in [2.45, 2.75) is 19.9 Å². The molecular formula is C29H25ClN4O7S2. The number of amides is 2. The molecule has 0 unspecified atom stereocenters. The first-order valence-corrected chi connectivity index (χ1v) is 14.7. The lowest BCUT2D eigenvalue weighted by molar-refractivity contribution is -0.136. The van der Waals surface area contributed by atoms with Gasteiger partial charge in [-0.25, -0.2) is 9.79 Å². The fourth-order valence-corrected chi connectivity index (χ4v) is 6.13. The number of esters is 1. The molecule has 1 aromatic heterocycles. The van der Waals surface area contributed by atoms with Crippen molar-refractivity contribution < 1.29 is 28.6 Å². The van der Waals surface area contributed by atoms with E-state index in [1.54, 1.807) is 42.5 Å². The number of benzene rings is 2. The van der Waals surface area contributed by atoms with Crippen molar-refractivity contribution in [1.82, 2.24) is 9.88 Å². The molecule has 3 aromatic rings. The molecule has 222 valence electrons. The highest BCUT2D eigenvalue weighted by Gasteiger charge is 2.39. The van der Waals surface area contributed by atoms with E-state index in [0.29, 0.717) is 41.0 Å². The van der Waals surface area contributed by atoms with Gasteiger partial charge in [-0.1, -0.05) is 29.0 Å². The van der Waals surface area contributed by atoms with E-state index in [1.807, 2.05) is 13.8 Å². The number of fused-ring (bicyclic) bond motifs is 1. The number of aromatic nitrogens is 1. The van der Waals surface area contributed by atoms with Crippen LogP contribution in [0.1, 0.15) is 25.5 Å². The number of nitrogens with one attached hydrogen (secondary N) is 1. The number of thiocarbonyl (C=S) groups is 1. The molecule has 11 nitrogen and oxygen atoms in total. The van der Waals surface area contributed by atoms with Gasteiger partial charge in [-0.3, -0.25) is 23.9 Å². The van der Waals surface area contributed by atoms with Crippen LogP contribution in [0, 0.1) is 5.92 Å². The van der Waals surface area contributed by atoms with E-state index in [4.69, 9.17) is 38.0 Å². The van der Waals surface area contributed by atoms with Gasteiger partial charge in [0.1, 0.15) is 5.92 Å². The van der Waals surface area contributed by atoms with Crippen molar-refractivity contribution >= 4 is 69.8 Å². The molecule has 2 amide bonds. The van der Waals surface area contributed by atoms with Crippen molar-refractivity contribution in [2.75, 3.05) is 25.2 Å². The van der Waals surface area contributed by atoms with Crippen molar-refractivity contribution in [3.8, 4) is 11.5 Å². The summed E-state index contributed by atoms with van der Waals surface area (Å²) in [4.78, 5) is 59.0. The normalized spacial score (nSPS) is 18.4. The summed E-state index contributed by atoms with van der Waals surface area (Å²) in [5.41, 5.74) is 0.500. The van der Waals surface area contributed by atoms with E-state index < -0.39 is 35.3 Å². The average molecular weight is 641 g/mol. The number of thiazole rings is 1. The van der Waals surface area contributed by atoms with Crippen LogP contribution in [0.25, 0.3) is 6.08 Å². The Hall–Kier alpha value is -4.33. The minimum absolute atomic E-state index is 0.0802. The lowest BCUT2D eigenvalue weighted by Crippen LogP contribution is -2.58. The molecule has 2 aliphatic heterocycles. The van der Waals surface area contributed by atoms with Gasteiger partial charge in [0, 0.05) is 11.2 Å². The second kappa shape index (κ2) is 12.5. The summed E-state index contributed by atoms with van der Waals surface area (Å²) in [6.07, 6.45) is 2.64. The van der Waals surface area contributed by atoms with Crippen LogP contribution in [0.15, 0.2) is 64.0 Å². The van der Waals surface area contributed by atoms with E-state index >= 15 is 0 Å². The van der Waals surface area contributed by atoms with Crippen molar-refractivity contribution in [2.24, 2.45) is 10.9 Å². The van der Waals surface area contributed by atoms with Crippen molar-refractivity contribution in [3.63, 3.8) is 0 Å². The second-order valence-electron chi connectivity index (χ2n) is 9.19. The van der Waals surface area contributed by atoms with Crippen LogP contribution in [0.4, 0.5) is 5.69 Å². The topological polar surface area (TPSA) is 129 Å². The number of anilines is 1. The Morgan fingerprint density at radius 2 is 1.79 bits per heavy atom. The molecule has 0 spiro atoms. The molecule has 1 N–H and O–H groups in total. The van der Waals surface area contributed by atoms with Crippen LogP contribution in [0.2, 0.25) is 5.02 Å². The number of methoxy groups -OCH3 is 1. The summed E-state index contributed by atoms with van der Waals surface area (Å²) >= 11 is 12.2. The van der Waals surface area contributed by atoms with Crippen LogP contribution in [-0.4, -0.2) is 47.8 Å². The first-order chi connectivity index (χ1) is 20.7. The van der Waals surface area contributed by atoms with E-state index in [0.717, 1.165) is 11.3 Å². The number of halogens is 1. The Morgan fingerprint density at radius 1 is 1.09 bits per heavy atom. The Morgan fingerprint density at radius 3 is 2.47 bits per heavy atom. The Bertz CT molecular complexity index is 1850. The molecule has 2 aromatic carbocycles. The van der Waals surface area contributed by atoms with Gasteiger partial charge in [-0.05, 0) is 74.1 Å². The number of carbonyl (C=O) groups excluding carboxylic acids is 3. The third-order valence-electron chi connectivity index (χ3n) is 6.61. The fourth-order valence-electron chi connectivity index (χ4n) is 4.72. The lowest BCUT2D eigenvalue weighted by Gasteiger charge is -2.31. The maximum absolute atomic E-state index is 13.9. The minimum atomic E-state index is -1.36. The van der Waals surface area contributed by atoms with Crippen LogP contribution in [-0.2, 0) is 19.1 Å². The van der Waals surface area contributed by atoms with E-state index in [9.17, 15) is 19.2 Å². The molecule has 2 aliphatic rings. The maximum Gasteiger partial charge on any atom is 0.337 e. The van der Waals surface area contributed by atoms with Gasteiger partial charge in [0.05, 0.1) is 42.2 Å². The number of rotatable bonds is 8. The van der Waals surface area contributed by atoms with Crippen LogP contribution in [0.3, 0.4) is 0 Å². The molecule has 14 heteroatoms. The molecule has 0 bridgehead atoms. The second-order valence-corrected chi connectivity index (χ2v) is 11.0. The predicted molar refractivity (Wildman–Crippen MR) is 164 cm³/mol. The molecule has 3 heterocycles. The Balaban J connectivity index is 1.62. The highest BCUT2D eigenvalue weighted by atomic mass is 35.5. The van der Waals surface area contributed by atoms with Crippen LogP contribution >= 0.6 is 35.2 Å². The van der Waals surface area contributed by atoms with Crippen LogP contribution in [0.5, 0.6) is 11.5 Å². The van der Waals surface area contributed by atoms with Gasteiger partial charge in [0.25, 0.3) is 5.56 Å². The van der Waals surface area contributed by atoms with Crippen LogP contribution < -0.4 is 34.6 Å². The Labute approximate surface area is 259 Å². The van der Waals surface area contributed by atoms with E-state index in [-0.39, 0.29) is 20.0 Å².